The molecule has 1 aliphatic heterocycles. The summed E-state index contributed by atoms with van der Waals surface area (Å²) in [7, 11) is 0. The van der Waals surface area contributed by atoms with E-state index in [2.05, 4.69) is 33.9 Å². The summed E-state index contributed by atoms with van der Waals surface area (Å²) in [6, 6.07) is 5.56. The predicted octanol–water partition coefficient (Wildman–Crippen LogP) is 2.93. The predicted molar refractivity (Wildman–Crippen MR) is 115 cm³/mol. The smallest absolute Gasteiger partial charge is 0.251 e. The molecule has 8 heteroatoms. The number of aromatic nitrogens is 3. The Labute approximate surface area is 176 Å². The Morgan fingerprint density at radius 3 is 2.76 bits per heavy atom. The molecule has 0 bridgehead atoms. The minimum absolute atomic E-state index is 0.0379. The Hall–Kier alpha value is -2.35. The van der Waals surface area contributed by atoms with E-state index in [1.54, 1.807) is 29.7 Å². The number of nitrogens with zero attached hydrogens (tertiary/aromatic N) is 4. The van der Waals surface area contributed by atoms with Crippen molar-refractivity contribution in [2.45, 2.75) is 51.7 Å². The van der Waals surface area contributed by atoms with Gasteiger partial charge in [-0.3, -0.25) is 9.59 Å². The molecule has 0 saturated carbocycles. The largest absolute Gasteiger partial charge is 0.352 e. The zero-order chi connectivity index (χ0) is 21.0. The monoisotopic (exact) mass is 415 g/mol. The second-order valence-corrected chi connectivity index (χ2v) is 8.50. The van der Waals surface area contributed by atoms with Gasteiger partial charge in [-0.25, -0.2) is 0 Å². The molecule has 1 aliphatic rings. The number of nitrogens with one attached hydrogen (secondary N) is 1. The summed E-state index contributed by atoms with van der Waals surface area (Å²) in [6.07, 6.45) is 4.38. The van der Waals surface area contributed by atoms with Gasteiger partial charge in [0, 0.05) is 44.2 Å². The summed E-state index contributed by atoms with van der Waals surface area (Å²) in [5.41, 5.74) is 2.61. The van der Waals surface area contributed by atoms with Crippen molar-refractivity contribution < 1.29 is 9.59 Å². The van der Waals surface area contributed by atoms with E-state index in [-0.39, 0.29) is 11.8 Å². The number of carbonyl (C=O) groups is 2. The molecule has 1 aromatic carbocycles. The molecule has 2 heterocycles. The molecule has 0 radical (unpaired) electrons. The topological polar surface area (TPSA) is 80.1 Å². The molecule has 0 unspecified atom stereocenters. The molecule has 1 N–H and O–H groups in total. The Balaban J connectivity index is 1.54. The van der Waals surface area contributed by atoms with E-state index in [4.69, 9.17) is 0 Å². The second-order valence-electron chi connectivity index (χ2n) is 7.73. The van der Waals surface area contributed by atoms with Gasteiger partial charge in [-0.05, 0) is 48.8 Å². The molecule has 0 fully saturated rings. The maximum absolute atomic E-state index is 12.5. The molecule has 2 amide bonds. The van der Waals surface area contributed by atoms with Gasteiger partial charge in [-0.2, -0.15) is 0 Å². The summed E-state index contributed by atoms with van der Waals surface area (Å²) >= 11 is 1.61. The lowest BCUT2D eigenvalue weighted by molar-refractivity contribution is -0.116. The molecule has 0 saturated heterocycles. The molecular formula is C21H29N5O2S. The molecule has 29 heavy (non-hydrogen) atoms. The molecule has 156 valence electrons. The fourth-order valence-corrected chi connectivity index (χ4v) is 4.15. The maximum atomic E-state index is 12.5. The van der Waals surface area contributed by atoms with E-state index >= 15 is 0 Å². The number of thioether (sulfide) groups is 1. The van der Waals surface area contributed by atoms with Crippen molar-refractivity contribution in [2.24, 2.45) is 5.92 Å². The van der Waals surface area contributed by atoms with Gasteiger partial charge >= 0.3 is 0 Å². The summed E-state index contributed by atoms with van der Waals surface area (Å²) in [6.45, 7) is 8.10. The fraction of sp³-hybridized carbons (Fsp3) is 0.524. The first-order chi connectivity index (χ1) is 13.9. The standard InChI is InChI=1S/C21H29N5O2S/c1-14(2)13-26-19(23-24-21(26)29-4)6-5-10-22-20(28)17-7-8-18-16(12-17)9-11-25(18)15(3)27/h7-8,12,14H,5-6,9-11,13H2,1-4H3,(H,22,28). The van der Waals surface area contributed by atoms with E-state index in [0.29, 0.717) is 24.6 Å². The van der Waals surface area contributed by atoms with Crippen LogP contribution in [0.25, 0.3) is 0 Å². The summed E-state index contributed by atoms with van der Waals surface area (Å²) in [4.78, 5) is 25.9. The first kappa shape index (κ1) is 21.4. The minimum atomic E-state index is -0.0810. The van der Waals surface area contributed by atoms with Crippen LogP contribution < -0.4 is 10.2 Å². The van der Waals surface area contributed by atoms with Crippen LogP contribution in [0, 0.1) is 5.92 Å². The molecule has 1 aromatic heterocycles. The molecule has 3 rings (SSSR count). The molecular weight excluding hydrogens is 386 g/mol. The van der Waals surface area contributed by atoms with Crippen LogP contribution in [0.15, 0.2) is 23.4 Å². The van der Waals surface area contributed by atoms with E-state index in [9.17, 15) is 9.59 Å². The van der Waals surface area contributed by atoms with Crippen molar-refractivity contribution in [3.8, 4) is 0 Å². The van der Waals surface area contributed by atoms with Gasteiger partial charge in [0.15, 0.2) is 5.16 Å². The lowest BCUT2D eigenvalue weighted by atomic mass is 10.1. The van der Waals surface area contributed by atoms with Gasteiger partial charge < -0.3 is 14.8 Å². The highest BCUT2D eigenvalue weighted by Gasteiger charge is 2.23. The summed E-state index contributed by atoms with van der Waals surface area (Å²) in [5, 5.41) is 12.5. The number of rotatable bonds is 8. The van der Waals surface area contributed by atoms with E-state index in [1.165, 1.54) is 0 Å². The quantitative estimate of drug-likeness (QED) is 0.530. The van der Waals surface area contributed by atoms with Crippen LogP contribution in [0.1, 0.15) is 48.9 Å². The Morgan fingerprint density at radius 2 is 2.07 bits per heavy atom. The fourth-order valence-electron chi connectivity index (χ4n) is 3.62. The van der Waals surface area contributed by atoms with E-state index < -0.39 is 0 Å². The van der Waals surface area contributed by atoms with E-state index in [0.717, 1.165) is 48.0 Å². The average molecular weight is 416 g/mol. The van der Waals surface area contributed by atoms with Gasteiger partial charge in [0.05, 0.1) is 0 Å². The van der Waals surface area contributed by atoms with Crippen molar-refractivity contribution in [1.29, 1.82) is 0 Å². The third kappa shape index (κ3) is 4.98. The zero-order valence-corrected chi connectivity index (χ0v) is 18.4. The lowest BCUT2D eigenvalue weighted by Crippen LogP contribution is -2.26. The Kier molecular flexibility index (Phi) is 6.95. The second kappa shape index (κ2) is 9.43. The van der Waals surface area contributed by atoms with E-state index in [1.807, 2.05) is 18.4 Å². The van der Waals surface area contributed by atoms with Crippen LogP contribution in [-0.4, -0.2) is 45.9 Å². The average Bonchev–Trinajstić information content (AvgIpc) is 3.28. The molecule has 0 spiro atoms. The van der Waals surface area contributed by atoms with Crippen LogP contribution in [0.5, 0.6) is 0 Å². The van der Waals surface area contributed by atoms with Gasteiger partial charge in [0.2, 0.25) is 5.91 Å². The molecule has 7 nitrogen and oxygen atoms in total. The Morgan fingerprint density at radius 1 is 1.28 bits per heavy atom. The SMILES string of the molecule is CSc1nnc(CCCNC(=O)c2ccc3c(c2)CCN3C(C)=O)n1CC(C)C. The van der Waals surface area contributed by atoms with Crippen LogP contribution >= 0.6 is 11.8 Å². The third-order valence-corrected chi connectivity index (χ3v) is 5.67. The van der Waals surface area contributed by atoms with Gasteiger partial charge in [-0.15, -0.1) is 10.2 Å². The van der Waals surface area contributed by atoms with Crippen LogP contribution in [0.2, 0.25) is 0 Å². The van der Waals surface area contributed by atoms with Crippen LogP contribution in [-0.2, 0) is 24.2 Å². The number of benzene rings is 1. The van der Waals surface area contributed by atoms with Gasteiger partial charge in [-0.1, -0.05) is 25.6 Å². The number of hydrogen-bond acceptors (Lipinski definition) is 5. The van der Waals surface area contributed by atoms with Crippen LogP contribution in [0.4, 0.5) is 5.69 Å². The lowest BCUT2D eigenvalue weighted by Gasteiger charge is -2.15. The van der Waals surface area contributed by atoms with Gasteiger partial charge in [0.1, 0.15) is 5.82 Å². The number of anilines is 1. The van der Waals surface area contributed by atoms with Crippen LogP contribution in [0.3, 0.4) is 0 Å². The highest BCUT2D eigenvalue weighted by atomic mass is 32.2. The zero-order valence-electron chi connectivity index (χ0n) is 17.6. The number of aryl methyl sites for hydroxylation is 1. The normalized spacial score (nSPS) is 13.1. The van der Waals surface area contributed by atoms with Crippen molar-refractivity contribution in [1.82, 2.24) is 20.1 Å². The van der Waals surface area contributed by atoms with Gasteiger partial charge in [0.25, 0.3) is 5.91 Å². The summed E-state index contributed by atoms with van der Waals surface area (Å²) in [5.74, 6) is 1.45. The van der Waals surface area contributed by atoms with Crippen molar-refractivity contribution >= 4 is 29.3 Å². The number of fused-ring (bicyclic) bond motifs is 1. The number of amides is 2. The van der Waals surface area contributed by atoms with Crippen molar-refractivity contribution in [3.05, 3.63) is 35.2 Å². The summed E-state index contributed by atoms with van der Waals surface area (Å²) < 4.78 is 2.18. The number of hydrogen-bond donors (Lipinski definition) is 1. The number of carbonyl (C=O) groups excluding carboxylic acids is 2. The third-order valence-electron chi connectivity index (χ3n) is 5.00. The highest BCUT2D eigenvalue weighted by molar-refractivity contribution is 7.98. The first-order valence-electron chi connectivity index (χ1n) is 10.1. The molecule has 0 atom stereocenters. The Bertz CT molecular complexity index is 893. The molecule has 0 aliphatic carbocycles. The molecule has 2 aromatic rings. The first-order valence-corrected chi connectivity index (χ1v) is 11.3. The van der Waals surface area contributed by atoms with Crippen molar-refractivity contribution in [3.63, 3.8) is 0 Å². The highest BCUT2D eigenvalue weighted by Crippen LogP contribution is 2.28. The van der Waals surface area contributed by atoms with Crippen molar-refractivity contribution in [2.75, 3.05) is 24.2 Å². The maximum Gasteiger partial charge on any atom is 0.251 e. The minimum Gasteiger partial charge on any atom is -0.352 e.